The van der Waals surface area contributed by atoms with E-state index in [1.165, 1.54) is 12.1 Å². The summed E-state index contributed by atoms with van der Waals surface area (Å²) < 4.78 is 0. The predicted octanol–water partition coefficient (Wildman–Crippen LogP) is 2.47. The summed E-state index contributed by atoms with van der Waals surface area (Å²) in [5.74, 6) is -0.310. The van der Waals surface area contributed by atoms with Gasteiger partial charge in [-0.25, -0.2) is 9.78 Å². The van der Waals surface area contributed by atoms with Gasteiger partial charge in [-0.05, 0) is 37.1 Å². The van der Waals surface area contributed by atoms with E-state index in [9.17, 15) is 19.5 Å². The second kappa shape index (κ2) is 9.64. The summed E-state index contributed by atoms with van der Waals surface area (Å²) in [5, 5.41) is 16.4. The number of H-pyrrole nitrogens is 1. The lowest BCUT2D eigenvalue weighted by Crippen LogP contribution is -2.39. The maximum absolute atomic E-state index is 13.4. The van der Waals surface area contributed by atoms with E-state index in [2.05, 4.69) is 15.2 Å². The molecule has 2 aromatic carbocycles. The van der Waals surface area contributed by atoms with Crippen LogP contribution in [-0.4, -0.2) is 67.5 Å². The molecule has 1 unspecified atom stereocenters. The molecule has 1 atom stereocenters. The fourth-order valence-electron chi connectivity index (χ4n) is 4.03. The average Bonchev–Trinajstić information content (AvgIpc) is 3.12. The van der Waals surface area contributed by atoms with Gasteiger partial charge in [0.2, 0.25) is 5.91 Å². The molecule has 1 fully saturated rings. The quantitative estimate of drug-likeness (QED) is 0.620. The van der Waals surface area contributed by atoms with Gasteiger partial charge in [0.25, 0.3) is 5.91 Å². The van der Waals surface area contributed by atoms with Crippen molar-refractivity contribution in [3.63, 3.8) is 0 Å². The summed E-state index contributed by atoms with van der Waals surface area (Å²) in [6.07, 6.45) is 0.766. The largest absolute Gasteiger partial charge is 0.478 e. The Kier molecular flexibility index (Phi) is 6.48. The lowest BCUT2D eigenvalue weighted by Gasteiger charge is -2.27. The van der Waals surface area contributed by atoms with Crippen LogP contribution in [0.2, 0.25) is 0 Å². The lowest BCUT2D eigenvalue weighted by molar-refractivity contribution is -0.130. The van der Waals surface area contributed by atoms with Gasteiger partial charge < -0.3 is 14.9 Å². The van der Waals surface area contributed by atoms with Crippen LogP contribution in [0, 0.1) is 6.92 Å². The number of aromatic amines is 1. The predicted molar refractivity (Wildman–Crippen MR) is 120 cm³/mol. The van der Waals surface area contributed by atoms with E-state index in [4.69, 9.17) is 0 Å². The van der Waals surface area contributed by atoms with Crippen molar-refractivity contribution in [2.45, 2.75) is 25.8 Å². The molecular formula is C24H25N5O4. The van der Waals surface area contributed by atoms with Crippen LogP contribution >= 0.6 is 0 Å². The second-order valence-electron chi connectivity index (χ2n) is 8.01. The molecule has 33 heavy (non-hydrogen) atoms. The molecule has 1 aromatic heterocycles. The number of amides is 2. The number of hydrogen-bond donors (Lipinski definition) is 2. The van der Waals surface area contributed by atoms with Gasteiger partial charge in [-0.1, -0.05) is 36.4 Å². The summed E-state index contributed by atoms with van der Waals surface area (Å²) in [5.41, 5.74) is 1.25. The summed E-state index contributed by atoms with van der Waals surface area (Å²) in [4.78, 5) is 45.6. The van der Waals surface area contributed by atoms with Crippen LogP contribution in [0.15, 0.2) is 54.6 Å². The minimum absolute atomic E-state index is 0.00621. The maximum Gasteiger partial charge on any atom is 0.335 e. The highest BCUT2D eigenvalue weighted by Crippen LogP contribution is 2.27. The molecule has 9 heteroatoms. The van der Waals surface area contributed by atoms with Gasteiger partial charge >= 0.3 is 5.97 Å². The summed E-state index contributed by atoms with van der Waals surface area (Å²) >= 11 is 0. The van der Waals surface area contributed by atoms with Crippen LogP contribution in [0.1, 0.15) is 50.4 Å². The fourth-order valence-corrected chi connectivity index (χ4v) is 4.03. The van der Waals surface area contributed by atoms with E-state index in [0.29, 0.717) is 37.6 Å². The van der Waals surface area contributed by atoms with Crippen molar-refractivity contribution in [1.29, 1.82) is 0 Å². The Morgan fingerprint density at radius 1 is 1.03 bits per heavy atom. The Morgan fingerprint density at radius 2 is 1.79 bits per heavy atom. The summed E-state index contributed by atoms with van der Waals surface area (Å²) in [7, 11) is 0. The van der Waals surface area contributed by atoms with E-state index in [0.717, 1.165) is 5.56 Å². The molecular weight excluding hydrogens is 422 g/mol. The molecule has 3 aromatic rings. The van der Waals surface area contributed by atoms with Crippen LogP contribution in [0.3, 0.4) is 0 Å². The Hall–Kier alpha value is -4.01. The Labute approximate surface area is 191 Å². The smallest absolute Gasteiger partial charge is 0.335 e. The van der Waals surface area contributed by atoms with Gasteiger partial charge in [0.1, 0.15) is 5.82 Å². The van der Waals surface area contributed by atoms with Crippen molar-refractivity contribution in [1.82, 2.24) is 25.0 Å². The third kappa shape index (κ3) is 5.08. The van der Waals surface area contributed by atoms with Crippen LogP contribution in [0.5, 0.6) is 0 Å². The number of aromatic nitrogens is 3. The monoisotopic (exact) mass is 447 g/mol. The highest BCUT2D eigenvalue weighted by Gasteiger charge is 2.33. The van der Waals surface area contributed by atoms with E-state index in [1.54, 1.807) is 28.9 Å². The first kappa shape index (κ1) is 22.2. The molecule has 2 heterocycles. The molecule has 2 amide bonds. The highest BCUT2D eigenvalue weighted by atomic mass is 16.4. The molecule has 0 radical (unpaired) electrons. The Morgan fingerprint density at radius 3 is 2.48 bits per heavy atom. The SMILES string of the molecule is Cc1nc(C2CCN(C(=O)Cc3ccccc3)CCN2C(=O)c2cccc(C(=O)O)c2)n[nH]1. The van der Waals surface area contributed by atoms with Crippen molar-refractivity contribution in [3.8, 4) is 0 Å². The number of aryl methyl sites for hydroxylation is 1. The van der Waals surface area contributed by atoms with E-state index >= 15 is 0 Å². The third-order valence-electron chi connectivity index (χ3n) is 5.74. The number of carboxylic acid groups (broad SMARTS) is 1. The van der Waals surface area contributed by atoms with Crippen molar-refractivity contribution in [2.24, 2.45) is 0 Å². The maximum atomic E-state index is 13.4. The molecule has 0 bridgehead atoms. The Balaban J connectivity index is 1.58. The number of nitrogens with zero attached hydrogens (tertiary/aromatic N) is 4. The number of carboxylic acids is 1. The van der Waals surface area contributed by atoms with Crippen LogP contribution in [0.4, 0.5) is 0 Å². The van der Waals surface area contributed by atoms with E-state index in [-0.39, 0.29) is 29.5 Å². The normalized spacial score (nSPS) is 16.3. The van der Waals surface area contributed by atoms with Crippen molar-refractivity contribution in [3.05, 3.63) is 82.9 Å². The molecule has 0 spiro atoms. The number of carbonyl (C=O) groups excluding carboxylic acids is 2. The van der Waals surface area contributed by atoms with Gasteiger partial charge in [0, 0.05) is 25.2 Å². The van der Waals surface area contributed by atoms with Crippen molar-refractivity contribution < 1.29 is 19.5 Å². The first-order valence-electron chi connectivity index (χ1n) is 10.8. The molecule has 0 saturated carbocycles. The number of hydrogen-bond acceptors (Lipinski definition) is 5. The molecule has 2 N–H and O–H groups in total. The second-order valence-corrected chi connectivity index (χ2v) is 8.01. The first-order valence-corrected chi connectivity index (χ1v) is 10.8. The highest BCUT2D eigenvalue weighted by molar-refractivity contribution is 5.97. The molecule has 1 saturated heterocycles. The number of benzene rings is 2. The minimum atomic E-state index is -1.10. The number of carbonyl (C=O) groups is 3. The minimum Gasteiger partial charge on any atom is -0.478 e. The molecule has 170 valence electrons. The molecule has 1 aliphatic rings. The molecule has 9 nitrogen and oxygen atoms in total. The van der Waals surface area contributed by atoms with Crippen molar-refractivity contribution in [2.75, 3.05) is 19.6 Å². The van der Waals surface area contributed by atoms with Gasteiger partial charge in [-0.3, -0.25) is 14.7 Å². The molecule has 1 aliphatic heterocycles. The molecule has 4 rings (SSSR count). The summed E-state index contributed by atoms with van der Waals surface area (Å²) in [6.45, 7) is 2.90. The van der Waals surface area contributed by atoms with Gasteiger partial charge in [-0.15, -0.1) is 0 Å². The molecule has 0 aliphatic carbocycles. The van der Waals surface area contributed by atoms with Gasteiger partial charge in [0.05, 0.1) is 18.0 Å². The zero-order chi connectivity index (χ0) is 23.4. The number of nitrogens with one attached hydrogen (secondary N) is 1. The Bertz CT molecular complexity index is 1160. The van der Waals surface area contributed by atoms with Crippen LogP contribution in [-0.2, 0) is 11.2 Å². The van der Waals surface area contributed by atoms with Crippen molar-refractivity contribution >= 4 is 17.8 Å². The topological polar surface area (TPSA) is 119 Å². The summed E-state index contributed by atoms with van der Waals surface area (Å²) in [6, 6.07) is 15.1. The number of rotatable bonds is 5. The zero-order valence-electron chi connectivity index (χ0n) is 18.3. The zero-order valence-corrected chi connectivity index (χ0v) is 18.3. The van der Waals surface area contributed by atoms with Crippen LogP contribution < -0.4 is 0 Å². The number of aromatic carboxylic acids is 1. The standard InChI is InChI=1S/C24H25N5O4/c1-16-25-22(27-26-16)20-10-11-28(21(30)14-17-6-3-2-4-7-17)12-13-29(20)23(31)18-8-5-9-19(15-18)24(32)33/h2-9,15,20H,10-14H2,1H3,(H,32,33)(H,25,26,27). The fraction of sp³-hybridized carbons (Fsp3) is 0.292. The van der Waals surface area contributed by atoms with Gasteiger partial charge in [-0.2, -0.15) is 5.10 Å². The first-order chi connectivity index (χ1) is 15.9. The van der Waals surface area contributed by atoms with E-state index < -0.39 is 12.0 Å². The van der Waals surface area contributed by atoms with E-state index in [1.807, 2.05) is 30.3 Å². The lowest BCUT2D eigenvalue weighted by atomic mass is 10.1. The third-order valence-corrected chi connectivity index (χ3v) is 5.74. The van der Waals surface area contributed by atoms with Crippen LogP contribution in [0.25, 0.3) is 0 Å². The van der Waals surface area contributed by atoms with Gasteiger partial charge in [0.15, 0.2) is 5.82 Å². The average molecular weight is 447 g/mol.